The molecule has 0 radical (unpaired) electrons. The van der Waals surface area contributed by atoms with E-state index in [1.165, 1.54) is 44.2 Å². The van der Waals surface area contributed by atoms with Crippen LogP contribution in [0.2, 0.25) is 0 Å². The summed E-state index contributed by atoms with van der Waals surface area (Å²) in [5.74, 6) is 0. The quantitative estimate of drug-likeness (QED) is 0.522. The molecule has 0 aromatic carbocycles. The summed E-state index contributed by atoms with van der Waals surface area (Å²) in [6.45, 7) is 4.67. The van der Waals surface area contributed by atoms with Crippen molar-refractivity contribution in [1.29, 1.82) is 0 Å². The molecule has 0 heterocycles. The summed E-state index contributed by atoms with van der Waals surface area (Å²) in [5, 5.41) is 0. The molecule has 0 atom stereocenters. The van der Waals surface area contributed by atoms with Gasteiger partial charge in [-0.15, -0.1) is 7.92 Å². The minimum Gasteiger partial charge on any atom is -0.104 e. The maximum atomic E-state index is 2.34. The van der Waals surface area contributed by atoms with Crippen molar-refractivity contribution in [3.63, 3.8) is 0 Å². The predicted octanol–water partition coefficient (Wildman–Crippen LogP) is 5.01. The van der Waals surface area contributed by atoms with E-state index in [0.29, 0.717) is 7.92 Å². The molecular formula is C13H27P. The lowest BCUT2D eigenvalue weighted by molar-refractivity contribution is 0.828. The zero-order valence-corrected chi connectivity index (χ0v) is 11.0. The highest BCUT2D eigenvalue weighted by molar-refractivity contribution is 7.58. The van der Waals surface area contributed by atoms with Crippen LogP contribution >= 0.6 is 7.92 Å². The number of unbranched alkanes of at least 4 members (excludes halogenated alkanes) is 2. The van der Waals surface area contributed by atoms with Gasteiger partial charge in [-0.05, 0) is 43.7 Å². The van der Waals surface area contributed by atoms with Crippen LogP contribution in [0.4, 0.5) is 0 Å². The summed E-state index contributed by atoms with van der Waals surface area (Å²) in [4.78, 5) is 0. The van der Waals surface area contributed by atoms with Gasteiger partial charge in [0.25, 0.3) is 0 Å². The number of hydrogen-bond donors (Lipinski definition) is 0. The van der Waals surface area contributed by atoms with Crippen molar-refractivity contribution in [2.24, 2.45) is 0 Å². The van der Waals surface area contributed by atoms with Gasteiger partial charge in [0.05, 0.1) is 0 Å². The molecule has 1 saturated carbocycles. The van der Waals surface area contributed by atoms with Crippen molar-refractivity contribution in [2.75, 3.05) is 12.3 Å². The maximum Gasteiger partial charge on any atom is -0.0209 e. The molecule has 84 valence electrons. The van der Waals surface area contributed by atoms with Gasteiger partial charge in [0.1, 0.15) is 0 Å². The Morgan fingerprint density at radius 2 is 1.43 bits per heavy atom. The molecule has 14 heavy (non-hydrogen) atoms. The molecule has 0 aromatic heterocycles. The van der Waals surface area contributed by atoms with Crippen molar-refractivity contribution < 1.29 is 0 Å². The highest BCUT2D eigenvalue weighted by Gasteiger charge is 2.23. The van der Waals surface area contributed by atoms with E-state index in [1.54, 1.807) is 25.2 Å². The third kappa shape index (κ3) is 4.30. The van der Waals surface area contributed by atoms with Gasteiger partial charge in [0.15, 0.2) is 0 Å². The second kappa shape index (κ2) is 7.69. The first-order chi connectivity index (χ1) is 6.88. The Morgan fingerprint density at radius 1 is 0.929 bits per heavy atom. The van der Waals surface area contributed by atoms with Gasteiger partial charge < -0.3 is 0 Å². The minimum atomic E-state index is 0.426. The lowest BCUT2D eigenvalue weighted by atomic mass is 10.4. The molecule has 0 aliphatic heterocycles. The summed E-state index contributed by atoms with van der Waals surface area (Å²) < 4.78 is 0. The SMILES string of the molecule is CCCCP(CCCC)C1CCCC1. The molecule has 0 bridgehead atoms. The molecule has 0 N–H and O–H groups in total. The normalized spacial score (nSPS) is 18.2. The summed E-state index contributed by atoms with van der Waals surface area (Å²) in [7, 11) is 0.426. The number of hydrogen-bond acceptors (Lipinski definition) is 0. The molecular weight excluding hydrogens is 187 g/mol. The van der Waals surface area contributed by atoms with Gasteiger partial charge in [-0.2, -0.15) is 0 Å². The molecule has 0 aromatic rings. The van der Waals surface area contributed by atoms with E-state index in [9.17, 15) is 0 Å². The van der Waals surface area contributed by atoms with E-state index < -0.39 is 0 Å². The Bertz CT molecular complexity index is 119. The molecule has 1 heteroatoms. The molecule has 1 aliphatic rings. The van der Waals surface area contributed by atoms with Crippen LogP contribution in [0.25, 0.3) is 0 Å². The van der Waals surface area contributed by atoms with E-state index in [-0.39, 0.29) is 0 Å². The van der Waals surface area contributed by atoms with E-state index in [0.717, 1.165) is 0 Å². The van der Waals surface area contributed by atoms with E-state index in [4.69, 9.17) is 0 Å². The summed E-state index contributed by atoms with van der Waals surface area (Å²) in [5.41, 5.74) is 1.17. The van der Waals surface area contributed by atoms with Crippen molar-refractivity contribution in [2.45, 2.75) is 70.9 Å². The first-order valence-electron chi connectivity index (χ1n) is 6.62. The average Bonchev–Trinajstić information content (AvgIpc) is 2.71. The Morgan fingerprint density at radius 3 is 1.86 bits per heavy atom. The van der Waals surface area contributed by atoms with Gasteiger partial charge in [0, 0.05) is 0 Å². The average molecular weight is 214 g/mol. The van der Waals surface area contributed by atoms with Crippen LogP contribution in [0.15, 0.2) is 0 Å². The third-order valence-electron chi connectivity index (χ3n) is 3.44. The van der Waals surface area contributed by atoms with Crippen LogP contribution in [-0.2, 0) is 0 Å². The first kappa shape index (κ1) is 12.5. The van der Waals surface area contributed by atoms with Gasteiger partial charge in [0.2, 0.25) is 0 Å². The van der Waals surface area contributed by atoms with E-state index in [2.05, 4.69) is 13.8 Å². The number of rotatable bonds is 7. The van der Waals surface area contributed by atoms with Gasteiger partial charge in [-0.25, -0.2) is 0 Å². The van der Waals surface area contributed by atoms with Crippen molar-refractivity contribution >= 4 is 7.92 Å². The molecule has 1 aliphatic carbocycles. The van der Waals surface area contributed by atoms with Crippen LogP contribution in [-0.4, -0.2) is 18.0 Å². The van der Waals surface area contributed by atoms with Crippen molar-refractivity contribution in [3.8, 4) is 0 Å². The molecule has 1 rings (SSSR count). The third-order valence-corrected chi connectivity index (χ3v) is 6.77. The highest BCUT2D eigenvalue weighted by Crippen LogP contribution is 2.49. The fraction of sp³-hybridized carbons (Fsp3) is 1.00. The summed E-state index contributed by atoms with van der Waals surface area (Å²) in [6.07, 6.45) is 15.1. The fourth-order valence-corrected chi connectivity index (χ4v) is 5.96. The summed E-state index contributed by atoms with van der Waals surface area (Å²) in [6, 6.07) is 0. The monoisotopic (exact) mass is 214 g/mol. The lowest BCUT2D eigenvalue weighted by Crippen LogP contribution is -2.05. The standard InChI is InChI=1S/C13H27P/c1-3-5-11-14(12-6-4-2)13-9-7-8-10-13/h13H,3-12H2,1-2H3. The smallest absolute Gasteiger partial charge is 0.0209 e. The first-order valence-corrected chi connectivity index (χ1v) is 8.40. The highest BCUT2D eigenvalue weighted by atomic mass is 31.1. The molecule has 0 spiro atoms. The van der Waals surface area contributed by atoms with E-state index >= 15 is 0 Å². The Balaban J connectivity index is 2.26. The van der Waals surface area contributed by atoms with Gasteiger partial charge in [-0.3, -0.25) is 0 Å². The van der Waals surface area contributed by atoms with Gasteiger partial charge >= 0.3 is 0 Å². The summed E-state index contributed by atoms with van der Waals surface area (Å²) >= 11 is 0. The maximum absolute atomic E-state index is 2.34. The molecule has 0 amide bonds. The minimum absolute atomic E-state index is 0.426. The Labute approximate surface area is 91.6 Å². The van der Waals surface area contributed by atoms with Crippen LogP contribution in [0, 0.1) is 0 Å². The lowest BCUT2D eigenvalue weighted by Gasteiger charge is -2.24. The molecule has 1 fully saturated rings. The van der Waals surface area contributed by atoms with E-state index in [1.807, 2.05) is 0 Å². The zero-order chi connectivity index (χ0) is 10.2. The van der Waals surface area contributed by atoms with Crippen LogP contribution in [0.3, 0.4) is 0 Å². The Hall–Kier alpha value is 0.430. The van der Waals surface area contributed by atoms with Crippen molar-refractivity contribution in [3.05, 3.63) is 0 Å². The van der Waals surface area contributed by atoms with Crippen molar-refractivity contribution in [1.82, 2.24) is 0 Å². The topological polar surface area (TPSA) is 0 Å². The molecule has 0 unspecified atom stereocenters. The Kier molecular flexibility index (Phi) is 6.86. The van der Waals surface area contributed by atoms with Crippen LogP contribution in [0.1, 0.15) is 65.2 Å². The molecule has 0 nitrogen and oxygen atoms in total. The predicted molar refractivity (Wildman–Crippen MR) is 68.7 cm³/mol. The zero-order valence-electron chi connectivity index (χ0n) is 10.1. The fourth-order valence-electron chi connectivity index (χ4n) is 2.47. The van der Waals surface area contributed by atoms with Crippen LogP contribution < -0.4 is 0 Å². The second-order valence-electron chi connectivity index (χ2n) is 4.68. The van der Waals surface area contributed by atoms with Crippen LogP contribution in [0.5, 0.6) is 0 Å². The second-order valence-corrected chi connectivity index (χ2v) is 7.48. The molecule has 0 saturated heterocycles. The van der Waals surface area contributed by atoms with Gasteiger partial charge in [-0.1, -0.05) is 39.5 Å². The largest absolute Gasteiger partial charge is 0.104 e.